The third-order valence-electron chi connectivity index (χ3n) is 6.01. The number of sulfonamides is 1. The second-order valence-electron chi connectivity index (χ2n) is 7.92. The van der Waals surface area contributed by atoms with Crippen LogP contribution >= 0.6 is 0 Å². The van der Waals surface area contributed by atoms with Crippen molar-refractivity contribution in [3.63, 3.8) is 0 Å². The first-order valence-electron chi connectivity index (χ1n) is 10.4. The van der Waals surface area contributed by atoms with E-state index in [-0.39, 0.29) is 16.8 Å². The molecule has 158 valence electrons. The summed E-state index contributed by atoms with van der Waals surface area (Å²) >= 11 is 0. The monoisotopic (exact) mass is 426 g/mol. The van der Waals surface area contributed by atoms with Gasteiger partial charge in [0.15, 0.2) is 5.84 Å². The van der Waals surface area contributed by atoms with Gasteiger partial charge in [0.25, 0.3) is 10.0 Å². The highest BCUT2D eigenvalue weighted by molar-refractivity contribution is 7.90. The number of carbonyl (C=O) groups is 1. The zero-order valence-corrected chi connectivity index (χ0v) is 18.1. The number of hydrogen-bond donors (Lipinski definition) is 0. The van der Waals surface area contributed by atoms with Gasteiger partial charge in [-0.3, -0.25) is 4.79 Å². The Labute approximate surface area is 177 Å². The zero-order chi connectivity index (χ0) is 21.3. The number of piperidine rings is 1. The van der Waals surface area contributed by atoms with Crippen molar-refractivity contribution in [2.24, 2.45) is 10.3 Å². The van der Waals surface area contributed by atoms with E-state index in [0.717, 1.165) is 12.0 Å². The largest absolute Gasteiger partial charge is 0.426 e. The number of benzene rings is 2. The molecular weight excluding hydrogens is 400 g/mol. The van der Waals surface area contributed by atoms with Crippen LogP contribution in [0.5, 0.6) is 5.75 Å². The Morgan fingerprint density at radius 2 is 1.80 bits per heavy atom. The van der Waals surface area contributed by atoms with E-state index >= 15 is 0 Å². The molecule has 2 aliphatic heterocycles. The van der Waals surface area contributed by atoms with Gasteiger partial charge in [0.2, 0.25) is 0 Å². The molecular formula is C23H26N2O4S. The molecule has 0 radical (unpaired) electrons. The molecule has 2 heterocycles. The summed E-state index contributed by atoms with van der Waals surface area (Å²) in [7, 11) is -3.64. The molecule has 0 bridgehead atoms. The van der Waals surface area contributed by atoms with Gasteiger partial charge in [0, 0.05) is 18.7 Å². The third-order valence-corrected chi connectivity index (χ3v) is 7.34. The Kier molecular flexibility index (Phi) is 5.64. The van der Waals surface area contributed by atoms with Crippen LogP contribution in [0.2, 0.25) is 0 Å². The van der Waals surface area contributed by atoms with Crippen LogP contribution in [-0.4, -0.2) is 38.2 Å². The van der Waals surface area contributed by atoms with E-state index in [2.05, 4.69) is 18.2 Å². The van der Waals surface area contributed by atoms with Crippen molar-refractivity contribution < 1.29 is 17.9 Å². The molecule has 0 aromatic heterocycles. The Morgan fingerprint density at radius 3 is 2.53 bits per heavy atom. The summed E-state index contributed by atoms with van der Waals surface area (Å²) in [4.78, 5) is 15.0. The molecule has 1 unspecified atom stereocenters. The minimum atomic E-state index is -3.64. The molecule has 1 atom stereocenters. The fourth-order valence-corrected chi connectivity index (χ4v) is 5.26. The zero-order valence-electron chi connectivity index (χ0n) is 17.2. The fourth-order valence-electron chi connectivity index (χ4n) is 4.04. The van der Waals surface area contributed by atoms with Crippen molar-refractivity contribution in [2.45, 2.75) is 43.9 Å². The van der Waals surface area contributed by atoms with Gasteiger partial charge in [0.05, 0.1) is 5.92 Å². The SMILES string of the molecule is CCC(C)c1ccccc1OC(=O)C1CCN(C2=NS(=O)(=O)c3ccccc32)CC1. The minimum absolute atomic E-state index is 0.208. The van der Waals surface area contributed by atoms with E-state index in [1.54, 1.807) is 18.2 Å². The van der Waals surface area contributed by atoms with E-state index in [9.17, 15) is 13.2 Å². The highest BCUT2D eigenvalue weighted by Gasteiger charge is 2.35. The van der Waals surface area contributed by atoms with Gasteiger partial charge < -0.3 is 9.64 Å². The van der Waals surface area contributed by atoms with E-state index in [0.29, 0.717) is 49.0 Å². The summed E-state index contributed by atoms with van der Waals surface area (Å²) in [6.07, 6.45) is 2.18. The first-order chi connectivity index (χ1) is 14.4. The molecule has 30 heavy (non-hydrogen) atoms. The number of likely N-dealkylation sites (tertiary alicyclic amines) is 1. The van der Waals surface area contributed by atoms with Crippen LogP contribution in [0.25, 0.3) is 0 Å². The van der Waals surface area contributed by atoms with Crippen LogP contribution in [0.1, 0.15) is 50.2 Å². The Morgan fingerprint density at radius 1 is 1.13 bits per heavy atom. The molecule has 0 spiro atoms. The van der Waals surface area contributed by atoms with Gasteiger partial charge in [0.1, 0.15) is 10.6 Å². The average Bonchev–Trinajstić information content (AvgIpc) is 3.05. The van der Waals surface area contributed by atoms with Gasteiger partial charge in [-0.1, -0.05) is 44.2 Å². The number of carbonyl (C=O) groups excluding carboxylic acids is 1. The summed E-state index contributed by atoms with van der Waals surface area (Å²) < 4.78 is 34.4. The molecule has 1 saturated heterocycles. The molecule has 7 heteroatoms. The maximum absolute atomic E-state index is 12.8. The second kappa shape index (κ2) is 8.22. The Balaban J connectivity index is 1.43. The first-order valence-corrected chi connectivity index (χ1v) is 11.8. The Hall–Kier alpha value is -2.67. The van der Waals surface area contributed by atoms with Crippen molar-refractivity contribution in [2.75, 3.05) is 13.1 Å². The third kappa shape index (κ3) is 3.86. The van der Waals surface area contributed by atoms with Gasteiger partial charge in [-0.15, -0.1) is 4.40 Å². The van der Waals surface area contributed by atoms with Crippen LogP contribution in [0.4, 0.5) is 0 Å². The van der Waals surface area contributed by atoms with E-state index in [1.165, 1.54) is 0 Å². The molecule has 2 aromatic rings. The molecule has 4 rings (SSSR count). The van der Waals surface area contributed by atoms with Gasteiger partial charge in [-0.2, -0.15) is 8.42 Å². The molecule has 2 aromatic carbocycles. The predicted octanol–water partition coefficient (Wildman–Crippen LogP) is 3.97. The Bertz CT molecular complexity index is 1090. The number of amidine groups is 1. The van der Waals surface area contributed by atoms with Crippen molar-refractivity contribution >= 4 is 21.8 Å². The molecule has 2 aliphatic rings. The number of fused-ring (bicyclic) bond motifs is 1. The maximum atomic E-state index is 12.8. The highest BCUT2D eigenvalue weighted by atomic mass is 32.2. The second-order valence-corrected chi connectivity index (χ2v) is 9.49. The van der Waals surface area contributed by atoms with Crippen LogP contribution in [0, 0.1) is 5.92 Å². The van der Waals surface area contributed by atoms with Gasteiger partial charge >= 0.3 is 5.97 Å². The maximum Gasteiger partial charge on any atom is 0.314 e. The quantitative estimate of drug-likeness (QED) is 0.546. The van der Waals surface area contributed by atoms with Crippen LogP contribution in [0.3, 0.4) is 0 Å². The number of nitrogens with zero attached hydrogens (tertiary/aromatic N) is 2. The summed E-state index contributed by atoms with van der Waals surface area (Å²) in [5.41, 5.74) is 1.69. The lowest BCUT2D eigenvalue weighted by Gasteiger charge is -2.32. The number of hydrogen-bond acceptors (Lipinski definition) is 5. The van der Waals surface area contributed by atoms with E-state index < -0.39 is 10.0 Å². The van der Waals surface area contributed by atoms with Crippen molar-refractivity contribution in [1.82, 2.24) is 4.90 Å². The number of para-hydroxylation sites is 1. The lowest BCUT2D eigenvalue weighted by molar-refractivity contribution is -0.140. The van der Waals surface area contributed by atoms with Gasteiger partial charge in [-0.25, -0.2) is 0 Å². The molecule has 0 aliphatic carbocycles. The van der Waals surface area contributed by atoms with Crippen molar-refractivity contribution in [1.29, 1.82) is 0 Å². The first kappa shape index (κ1) is 20.6. The molecule has 1 fully saturated rings. The van der Waals surface area contributed by atoms with Crippen LogP contribution in [0.15, 0.2) is 57.8 Å². The average molecular weight is 427 g/mol. The molecule has 0 saturated carbocycles. The lowest BCUT2D eigenvalue weighted by Crippen LogP contribution is -2.41. The lowest BCUT2D eigenvalue weighted by atomic mass is 9.95. The summed E-state index contributed by atoms with van der Waals surface area (Å²) in [6.45, 7) is 5.37. The smallest absolute Gasteiger partial charge is 0.314 e. The summed E-state index contributed by atoms with van der Waals surface area (Å²) in [5.74, 6) is 1.02. The summed E-state index contributed by atoms with van der Waals surface area (Å²) in [5, 5.41) is 0. The predicted molar refractivity (Wildman–Crippen MR) is 115 cm³/mol. The molecule has 0 amide bonds. The van der Waals surface area contributed by atoms with Crippen molar-refractivity contribution in [3.05, 3.63) is 59.7 Å². The number of esters is 1. The van der Waals surface area contributed by atoms with Crippen LogP contribution in [-0.2, 0) is 14.8 Å². The standard InChI is InChI=1S/C23H26N2O4S/c1-3-16(2)18-8-4-6-10-20(18)29-23(26)17-12-14-25(15-13-17)22-19-9-5-7-11-21(19)30(27,28)24-22/h4-11,16-17H,3,12-15H2,1-2H3. The summed E-state index contributed by atoms with van der Waals surface area (Å²) in [6, 6.07) is 14.6. The molecule has 0 N–H and O–H groups in total. The minimum Gasteiger partial charge on any atom is -0.426 e. The number of ether oxygens (including phenoxy) is 1. The van der Waals surface area contributed by atoms with Crippen molar-refractivity contribution in [3.8, 4) is 5.75 Å². The normalized spacial score (nSPS) is 19.1. The molecule has 6 nitrogen and oxygen atoms in total. The van der Waals surface area contributed by atoms with Crippen LogP contribution < -0.4 is 4.74 Å². The van der Waals surface area contributed by atoms with E-state index in [4.69, 9.17) is 4.74 Å². The van der Waals surface area contributed by atoms with E-state index in [1.807, 2.05) is 35.2 Å². The highest BCUT2D eigenvalue weighted by Crippen LogP contribution is 2.32. The number of rotatable bonds is 4. The topological polar surface area (TPSA) is 76.0 Å². The fraction of sp³-hybridized carbons (Fsp3) is 0.391. The van der Waals surface area contributed by atoms with Gasteiger partial charge in [-0.05, 0) is 48.9 Å².